The van der Waals surface area contributed by atoms with Gasteiger partial charge in [-0.05, 0) is 25.0 Å². The van der Waals surface area contributed by atoms with Gasteiger partial charge in [-0.2, -0.15) is 5.26 Å². The first kappa shape index (κ1) is 18.6. The zero-order valence-electron chi connectivity index (χ0n) is 15.6. The molecule has 5 nitrogen and oxygen atoms in total. The van der Waals surface area contributed by atoms with Gasteiger partial charge in [-0.25, -0.2) is 4.79 Å². The number of ether oxygens (including phenoxy) is 1. The number of esters is 1. The van der Waals surface area contributed by atoms with Gasteiger partial charge in [0.1, 0.15) is 11.4 Å². The Labute approximate surface area is 168 Å². The molecule has 0 radical (unpaired) electrons. The summed E-state index contributed by atoms with van der Waals surface area (Å²) in [6, 6.07) is 20.5. The predicted octanol–water partition coefficient (Wildman–Crippen LogP) is 3.52. The molecule has 2 aliphatic rings. The minimum Gasteiger partial charge on any atom is -0.451 e. The maximum Gasteiger partial charge on any atom is 0.331 e. The summed E-state index contributed by atoms with van der Waals surface area (Å²) in [6.45, 7) is 3.84. The molecule has 1 amide bonds. The molecule has 4 rings (SSSR count). The molecule has 28 heavy (non-hydrogen) atoms. The lowest BCUT2D eigenvalue weighted by Crippen LogP contribution is -2.62. The van der Waals surface area contributed by atoms with Crippen LogP contribution in [0.25, 0.3) is 0 Å². The molecule has 2 aromatic rings. The summed E-state index contributed by atoms with van der Waals surface area (Å²) >= 11 is 1.49. The summed E-state index contributed by atoms with van der Waals surface area (Å²) in [5.74, 6) is -1.41. The van der Waals surface area contributed by atoms with Gasteiger partial charge in [0.05, 0.1) is 6.07 Å². The van der Waals surface area contributed by atoms with Crippen LogP contribution in [0, 0.1) is 17.2 Å². The van der Waals surface area contributed by atoms with E-state index in [9.17, 15) is 14.9 Å². The van der Waals surface area contributed by atoms with Gasteiger partial charge in [-0.3, -0.25) is 4.79 Å². The van der Waals surface area contributed by atoms with Crippen LogP contribution in [0.15, 0.2) is 60.7 Å². The van der Waals surface area contributed by atoms with Crippen LogP contribution >= 0.6 is 11.8 Å². The summed E-state index contributed by atoms with van der Waals surface area (Å²) in [6.07, 6.45) is -0.558. The van der Waals surface area contributed by atoms with Gasteiger partial charge in [0.15, 0.2) is 12.0 Å². The van der Waals surface area contributed by atoms with Crippen LogP contribution in [0.2, 0.25) is 0 Å². The Hall–Kier alpha value is -2.78. The molecule has 3 atom stereocenters. The smallest absolute Gasteiger partial charge is 0.331 e. The second-order valence-corrected chi connectivity index (χ2v) is 9.28. The fourth-order valence-corrected chi connectivity index (χ4v) is 5.49. The number of carbonyl (C=O) groups is 2. The maximum atomic E-state index is 13.2. The minimum absolute atomic E-state index is 0.281. The summed E-state index contributed by atoms with van der Waals surface area (Å²) in [7, 11) is 0. The van der Waals surface area contributed by atoms with Crippen molar-refractivity contribution in [3.05, 3.63) is 71.8 Å². The van der Waals surface area contributed by atoms with E-state index in [1.54, 1.807) is 0 Å². The summed E-state index contributed by atoms with van der Waals surface area (Å²) < 4.78 is 5.46. The summed E-state index contributed by atoms with van der Waals surface area (Å²) in [4.78, 5) is 27.1. The summed E-state index contributed by atoms with van der Waals surface area (Å²) in [5.41, 5.74) is 1.73. The number of β-lactam (4-membered cyclic amide) rings is 1. The van der Waals surface area contributed by atoms with Gasteiger partial charge in [-0.1, -0.05) is 60.7 Å². The number of amides is 1. The monoisotopic (exact) mass is 392 g/mol. The van der Waals surface area contributed by atoms with Crippen molar-refractivity contribution in [2.75, 3.05) is 0 Å². The van der Waals surface area contributed by atoms with Crippen molar-refractivity contribution in [3.8, 4) is 6.07 Å². The molecule has 0 aliphatic carbocycles. The van der Waals surface area contributed by atoms with Crippen LogP contribution in [-0.2, 0) is 14.3 Å². The fraction of sp³-hybridized carbons (Fsp3) is 0.318. The predicted molar refractivity (Wildman–Crippen MR) is 106 cm³/mol. The molecule has 2 fully saturated rings. The zero-order chi connectivity index (χ0) is 19.9. The third-order valence-electron chi connectivity index (χ3n) is 5.24. The lowest BCUT2D eigenvalue weighted by atomic mass is 9.92. The number of rotatable bonds is 4. The van der Waals surface area contributed by atoms with E-state index in [0.29, 0.717) is 0 Å². The van der Waals surface area contributed by atoms with E-state index < -0.39 is 28.8 Å². The van der Waals surface area contributed by atoms with Crippen LogP contribution < -0.4 is 0 Å². The topological polar surface area (TPSA) is 70.4 Å². The SMILES string of the molecule is CC1(C)S[C@@H]2C(C#N)C(=O)N2[C@H]1C(=O)OC(c1ccccc1)c1ccccc1. The Balaban J connectivity index is 1.64. The van der Waals surface area contributed by atoms with Crippen molar-refractivity contribution in [2.45, 2.75) is 36.1 Å². The van der Waals surface area contributed by atoms with Gasteiger partial charge in [0, 0.05) is 4.75 Å². The third kappa shape index (κ3) is 2.96. The molecule has 2 saturated heterocycles. The van der Waals surface area contributed by atoms with Crippen molar-refractivity contribution >= 4 is 23.6 Å². The molecule has 1 unspecified atom stereocenters. The molecule has 2 aromatic carbocycles. The minimum atomic E-state index is -0.713. The Bertz CT molecular complexity index is 900. The lowest BCUT2D eigenvalue weighted by molar-refractivity contribution is -0.166. The quantitative estimate of drug-likeness (QED) is 0.588. The number of nitrogens with zero attached hydrogens (tertiary/aromatic N) is 2. The number of hydrogen-bond acceptors (Lipinski definition) is 5. The van der Waals surface area contributed by atoms with E-state index in [1.165, 1.54) is 16.7 Å². The largest absolute Gasteiger partial charge is 0.451 e. The molecule has 0 bridgehead atoms. The Kier molecular flexibility index (Phi) is 4.64. The number of thioether (sulfide) groups is 1. The van der Waals surface area contributed by atoms with Crippen LogP contribution in [0.1, 0.15) is 31.1 Å². The highest BCUT2D eigenvalue weighted by molar-refractivity contribution is 8.01. The molecular formula is C22H20N2O3S. The first-order valence-corrected chi connectivity index (χ1v) is 10.0. The van der Waals surface area contributed by atoms with E-state index in [2.05, 4.69) is 0 Å². The van der Waals surface area contributed by atoms with Crippen LogP contribution in [0.4, 0.5) is 0 Å². The van der Waals surface area contributed by atoms with E-state index in [-0.39, 0.29) is 11.3 Å². The maximum absolute atomic E-state index is 13.2. The number of hydrogen-bond donors (Lipinski definition) is 0. The van der Waals surface area contributed by atoms with Crippen LogP contribution in [0.3, 0.4) is 0 Å². The van der Waals surface area contributed by atoms with Crippen LogP contribution in [-0.4, -0.2) is 32.9 Å². The van der Waals surface area contributed by atoms with Crippen molar-refractivity contribution in [1.82, 2.24) is 4.90 Å². The number of fused-ring (bicyclic) bond motifs is 1. The van der Waals surface area contributed by atoms with Gasteiger partial charge < -0.3 is 9.64 Å². The fourth-order valence-electron chi connectivity index (χ4n) is 3.88. The Morgan fingerprint density at radius 1 is 1.11 bits per heavy atom. The molecule has 2 aliphatic heterocycles. The first-order valence-electron chi connectivity index (χ1n) is 9.14. The lowest BCUT2D eigenvalue weighted by Gasteiger charge is -2.41. The molecule has 2 heterocycles. The summed E-state index contributed by atoms with van der Waals surface area (Å²) in [5, 5.41) is 8.93. The third-order valence-corrected chi connectivity index (χ3v) is 6.81. The second-order valence-electron chi connectivity index (χ2n) is 7.50. The van der Waals surface area contributed by atoms with Crippen LogP contribution in [0.5, 0.6) is 0 Å². The number of carbonyl (C=O) groups excluding carboxylic acids is 2. The first-order chi connectivity index (χ1) is 13.4. The van der Waals surface area contributed by atoms with E-state index in [4.69, 9.17) is 4.74 Å². The van der Waals surface area contributed by atoms with E-state index >= 15 is 0 Å². The molecule has 6 heteroatoms. The van der Waals surface area contributed by atoms with Gasteiger partial charge in [0.2, 0.25) is 5.91 Å². The van der Waals surface area contributed by atoms with Crippen molar-refractivity contribution < 1.29 is 14.3 Å². The van der Waals surface area contributed by atoms with Crippen molar-refractivity contribution in [2.24, 2.45) is 5.92 Å². The second kappa shape index (κ2) is 6.99. The van der Waals surface area contributed by atoms with Gasteiger partial charge >= 0.3 is 5.97 Å². The number of nitriles is 1. The molecular weight excluding hydrogens is 372 g/mol. The van der Waals surface area contributed by atoms with Crippen molar-refractivity contribution in [3.63, 3.8) is 0 Å². The highest BCUT2D eigenvalue weighted by atomic mass is 32.2. The highest BCUT2D eigenvalue weighted by Crippen LogP contribution is 2.53. The number of benzene rings is 2. The van der Waals surface area contributed by atoms with E-state index in [0.717, 1.165) is 11.1 Å². The molecule has 0 spiro atoms. The standard InChI is InChI=1S/C22H20N2O3S/c1-22(2)18(24-19(25)16(13-23)20(24)28-22)21(26)27-17(14-9-5-3-6-10-14)15-11-7-4-8-12-15/h3-12,16-18,20H,1-2H3/t16?,18-,20+/m0/s1. The van der Waals surface area contributed by atoms with E-state index in [1.807, 2.05) is 80.6 Å². The Morgan fingerprint density at radius 2 is 1.64 bits per heavy atom. The molecule has 142 valence electrons. The average Bonchev–Trinajstić information content (AvgIpc) is 2.95. The molecule has 0 aromatic heterocycles. The zero-order valence-corrected chi connectivity index (χ0v) is 16.4. The normalized spacial score (nSPS) is 25.0. The molecule has 0 N–H and O–H groups in total. The Morgan fingerprint density at radius 3 is 2.14 bits per heavy atom. The molecule has 0 saturated carbocycles. The van der Waals surface area contributed by atoms with Gasteiger partial charge in [-0.15, -0.1) is 11.8 Å². The average molecular weight is 392 g/mol. The van der Waals surface area contributed by atoms with Gasteiger partial charge in [0.25, 0.3) is 0 Å². The highest BCUT2D eigenvalue weighted by Gasteiger charge is 2.64. The van der Waals surface area contributed by atoms with Crippen molar-refractivity contribution in [1.29, 1.82) is 5.26 Å².